The van der Waals surface area contributed by atoms with Crippen LogP contribution in [0.15, 0.2) is 42.6 Å². The van der Waals surface area contributed by atoms with E-state index in [1.165, 1.54) is 17.0 Å². The van der Waals surface area contributed by atoms with Gasteiger partial charge in [0, 0.05) is 12.7 Å². The van der Waals surface area contributed by atoms with Crippen molar-refractivity contribution in [1.82, 2.24) is 4.98 Å². The monoisotopic (exact) mass is 454 g/mol. The third-order valence-corrected chi connectivity index (χ3v) is 4.57. The number of amides is 1. The van der Waals surface area contributed by atoms with Crippen LogP contribution < -0.4 is 10.4 Å². The molecule has 0 radical (unpaired) electrons. The molecule has 0 atom stereocenters. The number of pyridine rings is 1. The SMILES string of the molecule is Bc1c(Cc2ccc(F)cc2)cnc(C(=O)OC(C)C)c1N(CC(=C)C)C(=O)OC(C)(C)C. The normalized spacial score (nSPS) is 11.3. The van der Waals surface area contributed by atoms with Gasteiger partial charge in [0.2, 0.25) is 0 Å². The van der Waals surface area contributed by atoms with Crippen LogP contribution in [0.2, 0.25) is 0 Å². The van der Waals surface area contributed by atoms with Gasteiger partial charge in [-0.2, -0.15) is 0 Å². The zero-order valence-electron chi connectivity index (χ0n) is 20.5. The highest BCUT2D eigenvalue weighted by molar-refractivity contribution is 6.38. The summed E-state index contributed by atoms with van der Waals surface area (Å²) in [7, 11) is 1.82. The Hall–Kier alpha value is -3.16. The molecule has 0 aliphatic heterocycles. The maximum Gasteiger partial charge on any atom is 0.415 e. The van der Waals surface area contributed by atoms with E-state index in [-0.39, 0.29) is 24.2 Å². The Morgan fingerprint density at radius 1 is 1.21 bits per heavy atom. The number of ether oxygens (including phenoxy) is 2. The van der Waals surface area contributed by atoms with Gasteiger partial charge in [-0.05, 0) is 71.2 Å². The second-order valence-corrected chi connectivity index (χ2v) is 9.39. The zero-order valence-corrected chi connectivity index (χ0v) is 20.5. The first kappa shape index (κ1) is 26.1. The molecule has 0 N–H and O–H groups in total. The van der Waals surface area contributed by atoms with E-state index < -0.39 is 17.7 Å². The van der Waals surface area contributed by atoms with E-state index in [9.17, 15) is 14.0 Å². The number of esters is 1. The first-order valence-electron chi connectivity index (χ1n) is 10.9. The topological polar surface area (TPSA) is 68.7 Å². The van der Waals surface area contributed by atoms with Gasteiger partial charge in [-0.25, -0.2) is 19.0 Å². The second-order valence-electron chi connectivity index (χ2n) is 9.39. The molecule has 0 saturated carbocycles. The summed E-state index contributed by atoms with van der Waals surface area (Å²) in [6.07, 6.45) is 1.06. The summed E-state index contributed by atoms with van der Waals surface area (Å²) in [5, 5.41) is 0. The second kappa shape index (κ2) is 10.6. The van der Waals surface area contributed by atoms with Crippen molar-refractivity contribution in [3.8, 4) is 0 Å². The first-order valence-corrected chi connectivity index (χ1v) is 10.9. The van der Waals surface area contributed by atoms with Crippen LogP contribution >= 0.6 is 0 Å². The minimum absolute atomic E-state index is 0.0242. The number of benzene rings is 1. The lowest BCUT2D eigenvalue weighted by Crippen LogP contribution is -2.42. The fraction of sp³-hybridized carbons (Fsp3) is 0.400. The van der Waals surface area contributed by atoms with Crippen molar-refractivity contribution in [3.63, 3.8) is 0 Å². The zero-order chi connectivity index (χ0) is 24.9. The molecule has 33 heavy (non-hydrogen) atoms. The quantitative estimate of drug-likeness (QED) is 0.360. The maximum atomic E-state index is 13.3. The lowest BCUT2D eigenvalue weighted by Gasteiger charge is -2.30. The molecule has 0 aliphatic rings. The van der Waals surface area contributed by atoms with Gasteiger partial charge in [0.1, 0.15) is 19.3 Å². The minimum Gasteiger partial charge on any atom is -0.458 e. The highest BCUT2D eigenvalue weighted by atomic mass is 19.1. The molecule has 176 valence electrons. The van der Waals surface area contributed by atoms with E-state index in [2.05, 4.69) is 11.6 Å². The van der Waals surface area contributed by atoms with Crippen LogP contribution in [0.4, 0.5) is 14.9 Å². The molecule has 2 rings (SSSR count). The molecule has 0 unspecified atom stereocenters. The average Bonchev–Trinajstić information content (AvgIpc) is 2.67. The molecule has 8 heteroatoms. The van der Waals surface area contributed by atoms with Gasteiger partial charge in [0.25, 0.3) is 0 Å². The number of halogens is 1. The van der Waals surface area contributed by atoms with E-state index in [1.54, 1.807) is 59.9 Å². The van der Waals surface area contributed by atoms with Crippen molar-refractivity contribution in [2.75, 3.05) is 11.4 Å². The van der Waals surface area contributed by atoms with E-state index in [1.807, 2.05) is 7.85 Å². The summed E-state index contributed by atoms with van der Waals surface area (Å²) in [6, 6.07) is 6.16. The highest BCUT2D eigenvalue weighted by Crippen LogP contribution is 2.24. The average molecular weight is 454 g/mol. The lowest BCUT2D eigenvalue weighted by molar-refractivity contribution is 0.0372. The van der Waals surface area contributed by atoms with Crippen LogP contribution in [0.1, 0.15) is 63.2 Å². The van der Waals surface area contributed by atoms with Crippen molar-refractivity contribution in [2.45, 2.75) is 59.7 Å². The van der Waals surface area contributed by atoms with Crippen molar-refractivity contribution < 1.29 is 23.5 Å². The standard InChI is InChI=1S/C25H32BFN2O4/c1-15(2)14-29(24(31)33-25(5,6)7)22-20(26)18(12-17-8-10-19(27)11-9-17)13-28-21(22)23(30)32-16(3)4/h8-11,13,16H,1,12,14,26H2,2-7H3. The molecule has 1 heterocycles. The van der Waals surface area contributed by atoms with Gasteiger partial charge < -0.3 is 9.47 Å². The molecule has 0 saturated heterocycles. The summed E-state index contributed by atoms with van der Waals surface area (Å²) >= 11 is 0. The maximum absolute atomic E-state index is 13.3. The molecule has 0 spiro atoms. The molecular weight excluding hydrogens is 422 g/mol. The molecule has 0 bridgehead atoms. The summed E-state index contributed by atoms with van der Waals surface area (Å²) in [6.45, 7) is 14.7. The van der Waals surface area contributed by atoms with Crippen molar-refractivity contribution >= 4 is 31.1 Å². The van der Waals surface area contributed by atoms with Crippen LogP contribution in [-0.4, -0.2) is 43.1 Å². The molecule has 2 aromatic rings. The number of carbonyl (C=O) groups excluding carboxylic acids is 2. The van der Waals surface area contributed by atoms with Gasteiger partial charge in [-0.3, -0.25) is 4.90 Å². The van der Waals surface area contributed by atoms with E-state index >= 15 is 0 Å². The highest BCUT2D eigenvalue weighted by Gasteiger charge is 2.30. The molecule has 1 aromatic heterocycles. The van der Waals surface area contributed by atoms with Gasteiger partial charge >= 0.3 is 12.1 Å². The van der Waals surface area contributed by atoms with Crippen LogP contribution in [0.3, 0.4) is 0 Å². The summed E-state index contributed by atoms with van der Waals surface area (Å²) < 4.78 is 24.4. The summed E-state index contributed by atoms with van der Waals surface area (Å²) in [5.74, 6) is -0.953. The number of anilines is 1. The Morgan fingerprint density at radius 2 is 1.82 bits per heavy atom. The molecule has 6 nitrogen and oxygen atoms in total. The van der Waals surface area contributed by atoms with Crippen LogP contribution in [0.25, 0.3) is 0 Å². The third-order valence-electron chi connectivity index (χ3n) is 4.57. The van der Waals surface area contributed by atoms with Crippen LogP contribution in [-0.2, 0) is 15.9 Å². The van der Waals surface area contributed by atoms with Gasteiger partial charge in [-0.1, -0.05) is 29.7 Å². The number of rotatable bonds is 7. The van der Waals surface area contributed by atoms with Crippen molar-refractivity contribution in [3.05, 3.63) is 65.3 Å². The molecule has 1 amide bonds. The Morgan fingerprint density at radius 3 is 2.33 bits per heavy atom. The summed E-state index contributed by atoms with van der Waals surface area (Å²) in [5.41, 5.74) is 2.63. The number of hydrogen-bond donors (Lipinski definition) is 0. The number of hydrogen-bond acceptors (Lipinski definition) is 5. The molecular formula is C25H32BFN2O4. The fourth-order valence-corrected chi connectivity index (χ4v) is 3.20. The predicted octanol–water partition coefficient (Wildman–Crippen LogP) is 3.95. The van der Waals surface area contributed by atoms with E-state index in [4.69, 9.17) is 9.47 Å². The number of nitrogens with zero attached hydrogens (tertiary/aromatic N) is 2. The smallest absolute Gasteiger partial charge is 0.415 e. The molecule has 1 aromatic carbocycles. The Kier molecular flexibility index (Phi) is 8.42. The molecule has 0 aliphatic carbocycles. The number of carbonyl (C=O) groups is 2. The fourth-order valence-electron chi connectivity index (χ4n) is 3.20. The van der Waals surface area contributed by atoms with Crippen molar-refractivity contribution in [2.24, 2.45) is 0 Å². The van der Waals surface area contributed by atoms with E-state index in [0.717, 1.165) is 11.1 Å². The number of aromatic nitrogens is 1. The Balaban J connectivity index is 2.65. The van der Waals surface area contributed by atoms with Crippen molar-refractivity contribution in [1.29, 1.82) is 0 Å². The van der Waals surface area contributed by atoms with Gasteiger partial charge in [0.05, 0.1) is 11.8 Å². The van der Waals surface area contributed by atoms with Crippen LogP contribution in [0.5, 0.6) is 0 Å². The molecule has 0 fully saturated rings. The van der Waals surface area contributed by atoms with Gasteiger partial charge in [-0.15, -0.1) is 0 Å². The largest absolute Gasteiger partial charge is 0.458 e. The Bertz CT molecular complexity index is 1030. The minimum atomic E-state index is -0.740. The lowest BCUT2D eigenvalue weighted by atomic mass is 9.85. The van der Waals surface area contributed by atoms with E-state index in [0.29, 0.717) is 23.1 Å². The van der Waals surface area contributed by atoms with Gasteiger partial charge in [0.15, 0.2) is 5.69 Å². The predicted molar refractivity (Wildman–Crippen MR) is 131 cm³/mol. The summed E-state index contributed by atoms with van der Waals surface area (Å²) in [4.78, 5) is 31.9. The third kappa shape index (κ3) is 7.44. The van der Waals surface area contributed by atoms with Crippen LogP contribution in [0, 0.1) is 5.82 Å². The Labute approximate surface area is 196 Å². The first-order chi connectivity index (χ1) is 15.3.